The van der Waals surface area contributed by atoms with Crippen molar-refractivity contribution in [2.45, 2.75) is 10.4 Å². The quantitative estimate of drug-likeness (QED) is 0.848. The minimum atomic E-state index is -4.44. The zero-order valence-corrected chi connectivity index (χ0v) is 10.0. The highest BCUT2D eigenvalue weighted by Crippen LogP contribution is 2.41. The number of aromatic nitrogens is 3. The molecule has 5 nitrogen and oxygen atoms in total. The average molecular weight is 288 g/mol. The maximum atomic E-state index is 12.4. The van der Waals surface area contributed by atoms with Crippen LogP contribution in [0.15, 0.2) is 29.2 Å². The number of H-pyrrole nitrogens is 1. The summed E-state index contributed by atoms with van der Waals surface area (Å²) in [6.45, 7) is 0. The third-order valence-electron chi connectivity index (χ3n) is 2.15. The standard InChI is InChI=1S/C10H7F3N4OS/c11-10(12,13)19-6-4-2-1-3-5(6)7-8(9(14)18)16-17-15-7/h1-4H,(H2,14,18)(H,15,16,17). The number of aromatic amines is 1. The molecule has 9 heteroatoms. The van der Waals surface area contributed by atoms with Crippen molar-refractivity contribution in [1.82, 2.24) is 15.4 Å². The molecule has 0 aliphatic carbocycles. The summed E-state index contributed by atoms with van der Waals surface area (Å²) < 4.78 is 37.3. The summed E-state index contributed by atoms with van der Waals surface area (Å²) in [7, 11) is 0. The fourth-order valence-electron chi connectivity index (χ4n) is 1.47. The Labute approximate surface area is 109 Å². The average Bonchev–Trinajstić information content (AvgIpc) is 2.76. The van der Waals surface area contributed by atoms with E-state index in [2.05, 4.69) is 15.4 Å². The Morgan fingerprint density at radius 1 is 1.26 bits per heavy atom. The van der Waals surface area contributed by atoms with Gasteiger partial charge in [0, 0.05) is 10.5 Å². The van der Waals surface area contributed by atoms with E-state index in [0.29, 0.717) is 0 Å². The van der Waals surface area contributed by atoms with E-state index in [4.69, 9.17) is 5.73 Å². The van der Waals surface area contributed by atoms with Crippen LogP contribution < -0.4 is 5.73 Å². The van der Waals surface area contributed by atoms with E-state index >= 15 is 0 Å². The van der Waals surface area contributed by atoms with Crippen LogP contribution in [0, 0.1) is 0 Å². The molecule has 0 atom stereocenters. The maximum absolute atomic E-state index is 12.4. The van der Waals surface area contributed by atoms with Crippen molar-refractivity contribution in [2.75, 3.05) is 0 Å². The molecule has 1 aromatic heterocycles. The van der Waals surface area contributed by atoms with Gasteiger partial charge < -0.3 is 5.73 Å². The van der Waals surface area contributed by atoms with E-state index in [1.165, 1.54) is 24.3 Å². The van der Waals surface area contributed by atoms with Crippen LogP contribution in [0.2, 0.25) is 0 Å². The van der Waals surface area contributed by atoms with Gasteiger partial charge in [0.25, 0.3) is 5.91 Å². The van der Waals surface area contributed by atoms with E-state index in [0.717, 1.165) is 0 Å². The lowest BCUT2D eigenvalue weighted by Crippen LogP contribution is -2.13. The van der Waals surface area contributed by atoms with Gasteiger partial charge in [-0.05, 0) is 17.8 Å². The van der Waals surface area contributed by atoms with Gasteiger partial charge in [0.05, 0.1) is 0 Å². The molecule has 1 aromatic carbocycles. The molecule has 3 N–H and O–H groups in total. The highest BCUT2D eigenvalue weighted by atomic mass is 32.2. The Kier molecular flexibility index (Phi) is 3.47. The molecule has 0 bridgehead atoms. The first-order chi connectivity index (χ1) is 8.88. The van der Waals surface area contributed by atoms with Gasteiger partial charge in [0.2, 0.25) is 0 Å². The molecule has 0 spiro atoms. The number of primary amides is 1. The third-order valence-corrected chi connectivity index (χ3v) is 2.96. The lowest BCUT2D eigenvalue weighted by Gasteiger charge is -2.09. The summed E-state index contributed by atoms with van der Waals surface area (Å²) >= 11 is -0.288. The van der Waals surface area contributed by atoms with E-state index in [9.17, 15) is 18.0 Å². The molecule has 2 aromatic rings. The summed E-state index contributed by atoms with van der Waals surface area (Å²) in [5.41, 5.74) is 0.592. The predicted octanol–water partition coefficient (Wildman–Crippen LogP) is 2.18. The fourth-order valence-corrected chi connectivity index (χ4v) is 2.14. The molecule has 1 heterocycles. The van der Waals surface area contributed by atoms with Crippen LogP contribution in [-0.4, -0.2) is 26.8 Å². The molecule has 0 saturated carbocycles. The molecule has 2 rings (SSSR count). The highest BCUT2D eigenvalue weighted by molar-refractivity contribution is 8.00. The van der Waals surface area contributed by atoms with Gasteiger partial charge in [-0.2, -0.15) is 28.6 Å². The van der Waals surface area contributed by atoms with E-state index in [-0.39, 0.29) is 33.6 Å². The molecule has 0 aliphatic heterocycles. The number of benzene rings is 1. The van der Waals surface area contributed by atoms with Crippen molar-refractivity contribution in [3.8, 4) is 11.3 Å². The maximum Gasteiger partial charge on any atom is 0.446 e. The van der Waals surface area contributed by atoms with Crippen molar-refractivity contribution in [1.29, 1.82) is 0 Å². The number of rotatable bonds is 3. The van der Waals surface area contributed by atoms with Gasteiger partial charge in [-0.1, -0.05) is 18.2 Å². The number of carbonyl (C=O) groups is 1. The zero-order valence-electron chi connectivity index (χ0n) is 9.23. The molecular formula is C10H7F3N4OS. The number of carbonyl (C=O) groups excluding carboxylic acids is 1. The molecule has 0 aliphatic rings. The van der Waals surface area contributed by atoms with Crippen molar-refractivity contribution in [3.05, 3.63) is 30.0 Å². The van der Waals surface area contributed by atoms with Gasteiger partial charge >= 0.3 is 5.51 Å². The van der Waals surface area contributed by atoms with Crippen LogP contribution in [0.25, 0.3) is 11.3 Å². The van der Waals surface area contributed by atoms with Gasteiger partial charge in [-0.15, -0.1) is 0 Å². The molecule has 0 fully saturated rings. The number of hydrogen-bond donors (Lipinski definition) is 2. The molecule has 0 unspecified atom stereocenters. The summed E-state index contributed by atoms with van der Waals surface area (Å²) in [4.78, 5) is 11.0. The van der Waals surface area contributed by atoms with Crippen LogP contribution in [0.1, 0.15) is 10.5 Å². The second kappa shape index (κ2) is 4.92. The molecule has 0 radical (unpaired) electrons. The molecule has 1 amide bonds. The Morgan fingerprint density at radius 2 is 1.95 bits per heavy atom. The molecule has 0 saturated heterocycles. The van der Waals surface area contributed by atoms with Crippen molar-refractivity contribution >= 4 is 17.7 Å². The summed E-state index contributed by atoms with van der Waals surface area (Å²) in [6, 6.07) is 5.70. The summed E-state index contributed by atoms with van der Waals surface area (Å²) in [5.74, 6) is -0.865. The number of nitrogens with two attached hydrogens (primary N) is 1. The van der Waals surface area contributed by atoms with Gasteiger partial charge in [-0.3, -0.25) is 4.79 Å². The lowest BCUT2D eigenvalue weighted by atomic mass is 10.1. The second-order valence-corrected chi connectivity index (χ2v) is 4.54. The molecular weight excluding hydrogens is 281 g/mol. The number of alkyl halides is 3. The first-order valence-corrected chi connectivity index (χ1v) is 5.76. The Morgan fingerprint density at radius 3 is 2.58 bits per heavy atom. The normalized spacial score (nSPS) is 11.5. The Balaban J connectivity index is 2.50. The number of thioether (sulfide) groups is 1. The summed E-state index contributed by atoms with van der Waals surface area (Å²) in [6.07, 6.45) is 0. The van der Waals surface area contributed by atoms with E-state index in [1.807, 2.05) is 0 Å². The minimum absolute atomic E-state index is 0.000139. The highest BCUT2D eigenvalue weighted by Gasteiger charge is 2.31. The summed E-state index contributed by atoms with van der Waals surface area (Å²) in [5, 5.41) is 9.39. The fraction of sp³-hybridized carbons (Fsp3) is 0.100. The van der Waals surface area contributed by atoms with Gasteiger partial charge in [0.1, 0.15) is 5.69 Å². The van der Waals surface area contributed by atoms with Crippen molar-refractivity contribution < 1.29 is 18.0 Å². The zero-order chi connectivity index (χ0) is 14.0. The van der Waals surface area contributed by atoms with Crippen LogP contribution in [-0.2, 0) is 0 Å². The smallest absolute Gasteiger partial charge is 0.364 e. The second-order valence-electron chi connectivity index (χ2n) is 3.43. The third kappa shape index (κ3) is 3.05. The number of hydrogen-bond acceptors (Lipinski definition) is 4. The lowest BCUT2D eigenvalue weighted by molar-refractivity contribution is -0.0328. The number of nitrogens with zero attached hydrogens (tertiary/aromatic N) is 2. The minimum Gasteiger partial charge on any atom is -0.364 e. The van der Waals surface area contributed by atoms with E-state index in [1.54, 1.807) is 0 Å². The molecule has 19 heavy (non-hydrogen) atoms. The van der Waals surface area contributed by atoms with Gasteiger partial charge in [-0.25, -0.2) is 0 Å². The van der Waals surface area contributed by atoms with E-state index < -0.39 is 11.4 Å². The Bertz CT molecular complexity index is 611. The van der Waals surface area contributed by atoms with Crippen LogP contribution in [0.5, 0.6) is 0 Å². The largest absolute Gasteiger partial charge is 0.446 e. The Hall–Kier alpha value is -2.03. The number of nitrogens with one attached hydrogen (secondary N) is 1. The molecule has 100 valence electrons. The first kappa shape index (κ1) is 13.4. The van der Waals surface area contributed by atoms with Crippen molar-refractivity contribution in [2.24, 2.45) is 5.73 Å². The topological polar surface area (TPSA) is 84.7 Å². The predicted molar refractivity (Wildman–Crippen MR) is 62.2 cm³/mol. The number of amides is 1. The van der Waals surface area contributed by atoms with Gasteiger partial charge in [0.15, 0.2) is 5.69 Å². The number of halogens is 3. The first-order valence-electron chi connectivity index (χ1n) is 4.94. The van der Waals surface area contributed by atoms with Crippen LogP contribution in [0.4, 0.5) is 13.2 Å². The SMILES string of the molecule is NC(=O)c1n[nH]nc1-c1ccccc1SC(F)(F)F. The monoisotopic (exact) mass is 288 g/mol. The van der Waals surface area contributed by atoms with Crippen LogP contribution in [0.3, 0.4) is 0 Å². The van der Waals surface area contributed by atoms with Crippen LogP contribution >= 0.6 is 11.8 Å². The van der Waals surface area contributed by atoms with Crippen molar-refractivity contribution in [3.63, 3.8) is 0 Å².